The standard InChI is InChI=1S/C17H34N2O/c1-3-5-11-19(16-7-8-16)14-17(13-18-10-4-2)9-6-12-20-15-17/h16,18H,3-15H2,1-2H3. The number of rotatable bonds is 10. The van der Waals surface area contributed by atoms with Crippen molar-refractivity contribution in [2.75, 3.05) is 39.4 Å². The minimum atomic E-state index is 0.365. The van der Waals surface area contributed by atoms with Crippen molar-refractivity contribution >= 4 is 0 Å². The summed E-state index contributed by atoms with van der Waals surface area (Å²) in [5.74, 6) is 0. The average molecular weight is 282 g/mol. The third kappa shape index (κ3) is 5.01. The third-order valence-electron chi connectivity index (χ3n) is 4.73. The first-order chi connectivity index (χ1) is 9.79. The van der Waals surface area contributed by atoms with E-state index in [2.05, 4.69) is 24.1 Å². The number of nitrogens with zero attached hydrogens (tertiary/aromatic N) is 1. The van der Waals surface area contributed by atoms with Crippen molar-refractivity contribution in [3.8, 4) is 0 Å². The van der Waals surface area contributed by atoms with Crippen LogP contribution in [-0.4, -0.2) is 50.3 Å². The molecule has 0 aromatic heterocycles. The molecule has 3 heteroatoms. The molecule has 1 N–H and O–H groups in total. The maximum absolute atomic E-state index is 5.85. The van der Waals surface area contributed by atoms with Gasteiger partial charge in [0.25, 0.3) is 0 Å². The fourth-order valence-corrected chi connectivity index (χ4v) is 3.38. The molecular weight excluding hydrogens is 248 g/mol. The van der Waals surface area contributed by atoms with Gasteiger partial charge in [0.2, 0.25) is 0 Å². The van der Waals surface area contributed by atoms with Gasteiger partial charge in [-0.25, -0.2) is 0 Å². The van der Waals surface area contributed by atoms with Crippen molar-refractivity contribution in [1.82, 2.24) is 10.2 Å². The summed E-state index contributed by atoms with van der Waals surface area (Å²) in [5, 5.41) is 3.66. The molecule has 0 bridgehead atoms. The van der Waals surface area contributed by atoms with Crippen LogP contribution in [-0.2, 0) is 4.74 Å². The molecule has 1 aliphatic heterocycles. The highest BCUT2D eigenvalue weighted by atomic mass is 16.5. The predicted octanol–water partition coefficient (Wildman–Crippen LogP) is 3.05. The number of hydrogen-bond acceptors (Lipinski definition) is 3. The Bertz CT molecular complexity index is 260. The van der Waals surface area contributed by atoms with E-state index in [4.69, 9.17) is 4.74 Å². The normalized spacial score (nSPS) is 27.1. The zero-order chi connectivity index (χ0) is 14.3. The Balaban J connectivity index is 1.89. The van der Waals surface area contributed by atoms with E-state index in [0.717, 1.165) is 32.3 Å². The van der Waals surface area contributed by atoms with Gasteiger partial charge in [0.05, 0.1) is 6.61 Å². The highest BCUT2D eigenvalue weighted by molar-refractivity contribution is 4.92. The van der Waals surface area contributed by atoms with Crippen LogP contribution in [0.25, 0.3) is 0 Å². The van der Waals surface area contributed by atoms with Gasteiger partial charge < -0.3 is 10.1 Å². The zero-order valence-electron chi connectivity index (χ0n) is 13.6. The van der Waals surface area contributed by atoms with Crippen LogP contribution >= 0.6 is 0 Å². The van der Waals surface area contributed by atoms with Gasteiger partial charge in [-0.3, -0.25) is 4.90 Å². The van der Waals surface area contributed by atoms with Crippen LogP contribution in [0.15, 0.2) is 0 Å². The number of ether oxygens (including phenoxy) is 1. The lowest BCUT2D eigenvalue weighted by Crippen LogP contribution is -2.50. The number of nitrogens with one attached hydrogen (secondary N) is 1. The van der Waals surface area contributed by atoms with Crippen molar-refractivity contribution in [1.29, 1.82) is 0 Å². The number of unbranched alkanes of at least 4 members (excludes halogenated alkanes) is 1. The smallest absolute Gasteiger partial charge is 0.0546 e. The summed E-state index contributed by atoms with van der Waals surface area (Å²) in [6.07, 6.45) is 9.28. The molecule has 1 saturated heterocycles. The molecule has 2 fully saturated rings. The minimum absolute atomic E-state index is 0.365. The molecule has 1 atom stereocenters. The van der Waals surface area contributed by atoms with Gasteiger partial charge in [-0.2, -0.15) is 0 Å². The molecule has 2 rings (SSSR count). The number of hydrogen-bond donors (Lipinski definition) is 1. The fourth-order valence-electron chi connectivity index (χ4n) is 3.38. The van der Waals surface area contributed by atoms with Crippen LogP contribution in [0.5, 0.6) is 0 Å². The third-order valence-corrected chi connectivity index (χ3v) is 4.73. The Morgan fingerprint density at radius 1 is 1.25 bits per heavy atom. The summed E-state index contributed by atoms with van der Waals surface area (Å²) in [7, 11) is 0. The van der Waals surface area contributed by atoms with E-state index in [1.54, 1.807) is 0 Å². The Hall–Kier alpha value is -0.120. The van der Waals surface area contributed by atoms with E-state index in [-0.39, 0.29) is 0 Å². The summed E-state index contributed by atoms with van der Waals surface area (Å²) in [5.41, 5.74) is 0.365. The molecule has 118 valence electrons. The molecule has 1 unspecified atom stereocenters. The predicted molar refractivity (Wildman–Crippen MR) is 85.1 cm³/mol. The van der Waals surface area contributed by atoms with E-state index >= 15 is 0 Å². The fraction of sp³-hybridized carbons (Fsp3) is 1.00. The van der Waals surface area contributed by atoms with E-state index in [0.29, 0.717) is 5.41 Å². The molecule has 20 heavy (non-hydrogen) atoms. The summed E-state index contributed by atoms with van der Waals surface area (Å²) >= 11 is 0. The van der Waals surface area contributed by atoms with Crippen molar-refractivity contribution < 1.29 is 4.74 Å². The van der Waals surface area contributed by atoms with E-state index < -0.39 is 0 Å². The lowest BCUT2D eigenvalue weighted by Gasteiger charge is -2.41. The molecule has 0 radical (unpaired) electrons. The Labute approximate surface area is 125 Å². The molecule has 2 aliphatic rings. The maximum atomic E-state index is 5.85. The highest BCUT2D eigenvalue weighted by Gasteiger charge is 2.38. The Morgan fingerprint density at radius 2 is 2.10 bits per heavy atom. The van der Waals surface area contributed by atoms with Crippen molar-refractivity contribution in [3.05, 3.63) is 0 Å². The van der Waals surface area contributed by atoms with Crippen molar-refractivity contribution in [2.24, 2.45) is 5.41 Å². The van der Waals surface area contributed by atoms with E-state index in [9.17, 15) is 0 Å². The Kier molecular flexibility index (Phi) is 6.79. The molecule has 1 aliphatic carbocycles. The summed E-state index contributed by atoms with van der Waals surface area (Å²) in [4.78, 5) is 2.77. The molecule has 0 amide bonds. The van der Waals surface area contributed by atoms with Gasteiger partial charge in [0.15, 0.2) is 0 Å². The largest absolute Gasteiger partial charge is 0.381 e. The molecule has 0 aromatic rings. The first kappa shape index (κ1) is 16.3. The van der Waals surface area contributed by atoms with Gasteiger partial charge in [-0.05, 0) is 51.6 Å². The SMILES string of the molecule is CCCCN(CC1(CNCCC)CCCOC1)C1CC1. The van der Waals surface area contributed by atoms with E-state index in [1.807, 2.05) is 0 Å². The molecule has 0 aromatic carbocycles. The van der Waals surface area contributed by atoms with Crippen LogP contribution in [0.2, 0.25) is 0 Å². The first-order valence-corrected chi connectivity index (χ1v) is 8.82. The monoisotopic (exact) mass is 282 g/mol. The summed E-state index contributed by atoms with van der Waals surface area (Å²) in [6, 6.07) is 0.881. The minimum Gasteiger partial charge on any atom is -0.381 e. The Morgan fingerprint density at radius 3 is 2.70 bits per heavy atom. The second-order valence-electron chi connectivity index (χ2n) is 6.89. The van der Waals surface area contributed by atoms with Gasteiger partial charge in [0.1, 0.15) is 0 Å². The lowest BCUT2D eigenvalue weighted by atomic mass is 9.81. The van der Waals surface area contributed by atoms with Gasteiger partial charge in [-0.15, -0.1) is 0 Å². The van der Waals surface area contributed by atoms with E-state index in [1.165, 1.54) is 58.0 Å². The molecular formula is C17H34N2O. The first-order valence-electron chi connectivity index (χ1n) is 8.82. The average Bonchev–Trinajstić information content (AvgIpc) is 3.29. The van der Waals surface area contributed by atoms with Crippen LogP contribution in [0.3, 0.4) is 0 Å². The topological polar surface area (TPSA) is 24.5 Å². The molecule has 1 heterocycles. The van der Waals surface area contributed by atoms with Crippen molar-refractivity contribution in [3.63, 3.8) is 0 Å². The quantitative estimate of drug-likeness (QED) is 0.623. The summed E-state index contributed by atoms with van der Waals surface area (Å²) in [6.45, 7) is 11.3. The lowest BCUT2D eigenvalue weighted by molar-refractivity contribution is -0.0276. The van der Waals surface area contributed by atoms with Crippen LogP contribution < -0.4 is 5.32 Å². The van der Waals surface area contributed by atoms with Gasteiger partial charge in [0, 0.05) is 31.2 Å². The summed E-state index contributed by atoms with van der Waals surface area (Å²) < 4.78 is 5.85. The second kappa shape index (κ2) is 8.35. The molecule has 1 saturated carbocycles. The van der Waals surface area contributed by atoms with Crippen LogP contribution in [0.1, 0.15) is 58.8 Å². The molecule has 3 nitrogen and oxygen atoms in total. The van der Waals surface area contributed by atoms with Crippen LogP contribution in [0, 0.1) is 5.41 Å². The maximum Gasteiger partial charge on any atom is 0.0546 e. The van der Waals surface area contributed by atoms with Gasteiger partial charge >= 0.3 is 0 Å². The second-order valence-corrected chi connectivity index (χ2v) is 6.89. The zero-order valence-corrected chi connectivity index (χ0v) is 13.6. The highest BCUT2D eigenvalue weighted by Crippen LogP contribution is 2.34. The van der Waals surface area contributed by atoms with Crippen LogP contribution in [0.4, 0.5) is 0 Å². The van der Waals surface area contributed by atoms with Gasteiger partial charge in [-0.1, -0.05) is 20.3 Å². The molecule has 0 spiro atoms. The van der Waals surface area contributed by atoms with Crippen molar-refractivity contribution in [2.45, 2.75) is 64.8 Å².